The van der Waals surface area contributed by atoms with Crippen LogP contribution in [0.2, 0.25) is 0 Å². The van der Waals surface area contributed by atoms with Gasteiger partial charge in [-0.25, -0.2) is 9.97 Å². The number of benzene rings is 1. The molecule has 0 aliphatic carbocycles. The van der Waals surface area contributed by atoms with Crippen LogP contribution in [-0.2, 0) is 18.4 Å². The van der Waals surface area contributed by atoms with Crippen molar-refractivity contribution in [2.45, 2.75) is 19.6 Å². The Hall–Kier alpha value is -2.87. The molecule has 0 bridgehead atoms. The second kappa shape index (κ2) is 7.57. The maximum atomic E-state index is 5.49. The van der Waals surface area contributed by atoms with Crippen molar-refractivity contribution in [3.05, 3.63) is 35.8 Å². The number of nitrogens with one attached hydrogen (secondary N) is 1. The number of aryl methyl sites for hydroxylation is 1. The van der Waals surface area contributed by atoms with E-state index in [4.69, 9.17) is 14.2 Å². The molecular formula is C18H23N5O3. The molecule has 1 aromatic carbocycles. The Morgan fingerprint density at radius 3 is 2.65 bits per heavy atom. The minimum atomic E-state index is -0.0752. The molecule has 138 valence electrons. The van der Waals surface area contributed by atoms with Gasteiger partial charge in [0, 0.05) is 19.7 Å². The first-order chi connectivity index (χ1) is 12.6. The molecule has 2 heterocycles. The standard InChI is InChI=1S/C18H23N5O3/c1-11(13-8-12(25-4)6-7-15(13)26-5)20-17-14-9-19-23(2)18(14)22-16(21-17)10-24-3/h6-9,11H,10H2,1-5H3,(H,20,21,22)/t11-/m1/s1. The van der Waals surface area contributed by atoms with Crippen LogP contribution in [0.5, 0.6) is 11.5 Å². The summed E-state index contributed by atoms with van der Waals surface area (Å²) in [6.07, 6.45) is 1.75. The summed E-state index contributed by atoms with van der Waals surface area (Å²) in [4.78, 5) is 9.10. The number of hydrogen-bond acceptors (Lipinski definition) is 7. The summed E-state index contributed by atoms with van der Waals surface area (Å²) < 4.78 is 17.7. The van der Waals surface area contributed by atoms with Crippen molar-refractivity contribution in [3.8, 4) is 11.5 Å². The molecule has 0 fully saturated rings. The molecule has 0 aliphatic heterocycles. The third-order valence-electron chi connectivity index (χ3n) is 4.17. The van der Waals surface area contributed by atoms with Crippen LogP contribution in [0.15, 0.2) is 24.4 Å². The van der Waals surface area contributed by atoms with Crippen LogP contribution >= 0.6 is 0 Å². The Balaban J connectivity index is 2.00. The normalized spacial score (nSPS) is 12.2. The minimum absolute atomic E-state index is 0.0752. The summed E-state index contributed by atoms with van der Waals surface area (Å²) in [5, 5.41) is 8.58. The number of hydrogen-bond donors (Lipinski definition) is 1. The lowest BCUT2D eigenvalue weighted by Gasteiger charge is -2.19. The molecule has 0 unspecified atom stereocenters. The van der Waals surface area contributed by atoms with E-state index >= 15 is 0 Å². The minimum Gasteiger partial charge on any atom is -0.497 e. The van der Waals surface area contributed by atoms with E-state index in [1.165, 1.54) is 0 Å². The summed E-state index contributed by atoms with van der Waals surface area (Å²) in [5.74, 6) is 2.84. The fourth-order valence-corrected chi connectivity index (χ4v) is 2.83. The summed E-state index contributed by atoms with van der Waals surface area (Å²) in [5.41, 5.74) is 1.72. The zero-order valence-corrected chi connectivity index (χ0v) is 15.6. The Morgan fingerprint density at radius 2 is 1.96 bits per heavy atom. The highest BCUT2D eigenvalue weighted by molar-refractivity contribution is 5.86. The van der Waals surface area contributed by atoms with Gasteiger partial charge in [0.05, 0.1) is 31.8 Å². The van der Waals surface area contributed by atoms with Gasteiger partial charge in [-0.3, -0.25) is 4.68 Å². The van der Waals surface area contributed by atoms with Gasteiger partial charge in [-0.1, -0.05) is 0 Å². The largest absolute Gasteiger partial charge is 0.497 e. The molecule has 1 atom stereocenters. The summed E-state index contributed by atoms with van der Waals surface area (Å²) >= 11 is 0. The third-order valence-corrected chi connectivity index (χ3v) is 4.17. The Morgan fingerprint density at radius 1 is 1.15 bits per heavy atom. The molecule has 0 amide bonds. The second-order valence-electron chi connectivity index (χ2n) is 5.90. The van der Waals surface area contributed by atoms with Gasteiger partial charge in [-0.2, -0.15) is 5.10 Å². The van der Waals surface area contributed by atoms with Gasteiger partial charge in [0.25, 0.3) is 0 Å². The highest BCUT2D eigenvalue weighted by Crippen LogP contribution is 2.32. The predicted molar refractivity (Wildman–Crippen MR) is 98.6 cm³/mol. The van der Waals surface area contributed by atoms with Gasteiger partial charge >= 0.3 is 0 Å². The van der Waals surface area contributed by atoms with Gasteiger partial charge in [-0.15, -0.1) is 0 Å². The first-order valence-corrected chi connectivity index (χ1v) is 8.23. The molecule has 0 spiro atoms. The van der Waals surface area contributed by atoms with E-state index in [0.29, 0.717) is 18.2 Å². The number of methoxy groups -OCH3 is 3. The van der Waals surface area contributed by atoms with E-state index in [9.17, 15) is 0 Å². The predicted octanol–water partition coefficient (Wildman–Crippen LogP) is 2.70. The first kappa shape index (κ1) is 17.9. The first-order valence-electron chi connectivity index (χ1n) is 8.23. The number of fused-ring (bicyclic) bond motifs is 1. The molecule has 8 nitrogen and oxygen atoms in total. The molecule has 3 aromatic rings. The molecule has 0 radical (unpaired) electrons. The topological polar surface area (TPSA) is 83.3 Å². The average Bonchev–Trinajstić information content (AvgIpc) is 3.02. The molecule has 3 rings (SSSR count). The zero-order valence-electron chi connectivity index (χ0n) is 15.6. The van der Waals surface area contributed by atoms with Crippen LogP contribution < -0.4 is 14.8 Å². The van der Waals surface area contributed by atoms with E-state index in [2.05, 4.69) is 20.4 Å². The molecular weight excluding hydrogens is 334 g/mol. The Bertz CT molecular complexity index is 909. The number of aromatic nitrogens is 4. The highest BCUT2D eigenvalue weighted by atomic mass is 16.5. The average molecular weight is 357 g/mol. The van der Waals surface area contributed by atoms with Crippen molar-refractivity contribution in [1.29, 1.82) is 0 Å². The van der Waals surface area contributed by atoms with Crippen LogP contribution in [-0.4, -0.2) is 41.1 Å². The lowest BCUT2D eigenvalue weighted by Crippen LogP contribution is -2.12. The van der Waals surface area contributed by atoms with Crippen molar-refractivity contribution in [2.24, 2.45) is 7.05 Å². The number of anilines is 1. The molecule has 26 heavy (non-hydrogen) atoms. The fraction of sp³-hybridized carbons (Fsp3) is 0.389. The number of nitrogens with zero attached hydrogens (tertiary/aromatic N) is 4. The molecule has 0 aliphatic rings. The van der Waals surface area contributed by atoms with Gasteiger partial charge in [-0.05, 0) is 25.1 Å². The smallest absolute Gasteiger partial charge is 0.163 e. The van der Waals surface area contributed by atoms with Crippen LogP contribution in [0.25, 0.3) is 11.0 Å². The third kappa shape index (κ3) is 3.41. The summed E-state index contributed by atoms with van der Waals surface area (Å²) in [7, 11) is 6.76. The van der Waals surface area contributed by atoms with Crippen molar-refractivity contribution < 1.29 is 14.2 Å². The second-order valence-corrected chi connectivity index (χ2v) is 5.90. The quantitative estimate of drug-likeness (QED) is 0.696. The molecule has 0 saturated heterocycles. The fourth-order valence-electron chi connectivity index (χ4n) is 2.83. The highest BCUT2D eigenvalue weighted by Gasteiger charge is 2.17. The van der Waals surface area contributed by atoms with E-state index in [1.807, 2.05) is 32.2 Å². The van der Waals surface area contributed by atoms with Gasteiger partial charge in [0.15, 0.2) is 11.5 Å². The van der Waals surface area contributed by atoms with Crippen molar-refractivity contribution in [1.82, 2.24) is 19.7 Å². The van der Waals surface area contributed by atoms with E-state index in [-0.39, 0.29) is 6.04 Å². The van der Waals surface area contributed by atoms with E-state index < -0.39 is 0 Å². The number of ether oxygens (including phenoxy) is 3. The SMILES string of the molecule is COCc1nc(N[C@H](C)c2cc(OC)ccc2OC)c2cnn(C)c2n1. The number of rotatable bonds is 7. The van der Waals surface area contributed by atoms with Crippen LogP contribution in [0.1, 0.15) is 24.4 Å². The lowest BCUT2D eigenvalue weighted by atomic mass is 10.1. The van der Waals surface area contributed by atoms with Crippen molar-refractivity contribution in [3.63, 3.8) is 0 Å². The zero-order chi connectivity index (χ0) is 18.7. The van der Waals surface area contributed by atoms with Crippen LogP contribution in [0, 0.1) is 0 Å². The van der Waals surface area contributed by atoms with Gasteiger partial charge in [0.1, 0.15) is 23.9 Å². The van der Waals surface area contributed by atoms with Gasteiger partial charge in [0.2, 0.25) is 0 Å². The van der Waals surface area contributed by atoms with Crippen molar-refractivity contribution >= 4 is 16.9 Å². The maximum Gasteiger partial charge on any atom is 0.163 e. The molecule has 8 heteroatoms. The Labute approximate surface area is 152 Å². The van der Waals surface area contributed by atoms with E-state index in [0.717, 1.165) is 28.1 Å². The summed E-state index contributed by atoms with van der Waals surface area (Å²) in [6.45, 7) is 2.37. The van der Waals surface area contributed by atoms with E-state index in [1.54, 1.807) is 32.2 Å². The van der Waals surface area contributed by atoms with Gasteiger partial charge < -0.3 is 19.5 Å². The Kier molecular flexibility index (Phi) is 5.22. The van der Waals surface area contributed by atoms with Crippen LogP contribution in [0.3, 0.4) is 0 Å². The van der Waals surface area contributed by atoms with Crippen LogP contribution in [0.4, 0.5) is 5.82 Å². The maximum absolute atomic E-state index is 5.49. The summed E-state index contributed by atoms with van der Waals surface area (Å²) in [6, 6.07) is 5.64. The molecule has 1 N–H and O–H groups in total. The molecule has 2 aromatic heterocycles. The monoisotopic (exact) mass is 357 g/mol. The van der Waals surface area contributed by atoms with Crippen molar-refractivity contribution in [2.75, 3.05) is 26.6 Å². The molecule has 0 saturated carbocycles. The lowest BCUT2D eigenvalue weighted by molar-refractivity contribution is 0.178.